The van der Waals surface area contributed by atoms with Crippen LogP contribution in [0.3, 0.4) is 0 Å². The average Bonchev–Trinajstić information content (AvgIpc) is 3.42. The highest BCUT2D eigenvalue weighted by Gasteiger charge is 2.20. The van der Waals surface area contributed by atoms with Gasteiger partial charge in [0.1, 0.15) is 0 Å². The van der Waals surface area contributed by atoms with Crippen LogP contribution in [0, 0.1) is 0 Å². The number of hydrogen-bond donors (Lipinski definition) is 3. The van der Waals surface area contributed by atoms with Gasteiger partial charge in [-0.3, -0.25) is 9.59 Å². The van der Waals surface area contributed by atoms with Crippen LogP contribution in [0.15, 0.2) is 24.3 Å². The molecule has 6 heteroatoms. The maximum absolute atomic E-state index is 12.5. The van der Waals surface area contributed by atoms with E-state index in [0.29, 0.717) is 25.9 Å². The van der Waals surface area contributed by atoms with Crippen molar-refractivity contribution >= 4 is 11.9 Å². The first-order valence-corrected chi connectivity index (χ1v) is 34.6. The first-order chi connectivity index (χ1) is 37.5. The number of carbonyl (C=O) groups is 2. The molecule has 0 spiro atoms. The molecule has 0 rings (SSSR count). The van der Waals surface area contributed by atoms with Crippen LogP contribution >= 0.6 is 0 Å². The number of esters is 1. The van der Waals surface area contributed by atoms with Gasteiger partial charge in [0, 0.05) is 12.8 Å². The average molecular weight is 1070 g/mol. The summed E-state index contributed by atoms with van der Waals surface area (Å²) in [7, 11) is 0. The number of carbonyl (C=O) groups excluding carboxylic acids is 2. The highest BCUT2D eigenvalue weighted by atomic mass is 16.5. The summed E-state index contributed by atoms with van der Waals surface area (Å²) in [5.74, 6) is -0.0179. The van der Waals surface area contributed by atoms with Crippen molar-refractivity contribution in [3.8, 4) is 0 Å². The number of aliphatic hydroxyl groups is 2. The monoisotopic (exact) mass is 1070 g/mol. The van der Waals surface area contributed by atoms with Gasteiger partial charge in [0.2, 0.25) is 5.91 Å². The summed E-state index contributed by atoms with van der Waals surface area (Å²) in [5, 5.41) is 23.3. The first-order valence-electron chi connectivity index (χ1n) is 34.6. The van der Waals surface area contributed by atoms with Crippen LogP contribution in [0.2, 0.25) is 0 Å². The zero-order chi connectivity index (χ0) is 55.0. The first kappa shape index (κ1) is 74.3. The van der Waals surface area contributed by atoms with Gasteiger partial charge in [-0.25, -0.2) is 0 Å². The summed E-state index contributed by atoms with van der Waals surface area (Å²) in [6, 6.07) is -0.538. The quantitative estimate of drug-likeness (QED) is 0.0320. The van der Waals surface area contributed by atoms with Crippen molar-refractivity contribution in [1.29, 1.82) is 0 Å². The minimum atomic E-state index is -0.661. The highest BCUT2D eigenvalue weighted by Crippen LogP contribution is 2.19. The standard InChI is InChI=1S/C70H135NO5/c1-3-5-7-9-11-13-15-17-18-19-33-36-40-44-48-52-56-60-64-70(75)76-65-61-57-53-49-45-41-37-34-31-29-27-25-23-21-20-22-24-26-28-30-32-35-39-43-47-51-55-59-63-69(74)71-67(66-72)68(73)62-58-54-50-46-42-38-16-14-12-10-8-6-4-2/h13,15,18-19,67-68,72-73H,3-12,14,16-17,20-66H2,1-2H3,(H,71,74)/b15-13-,19-18-. The molecule has 0 aliphatic heterocycles. The Bertz CT molecular complexity index is 1190. The molecule has 0 fully saturated rings. The van der Waals surface area contributed by atoms with E-state index in [2.05, 4.69) is 43.5 Å². The number of nitrogens with one attached hydrogen (secondary N) is 1. The zero-order valence-corrected chi connectivity index (χ0v) is 51.5. The van der Waals surface area contributed by atoms with Crippen molar-refractivity contribution in [2.24, 2.45) is 0 Å². The Labute approximate surface area is 475 Å². The number of rotatable bonds is 65. The number of ether oxygens (including phenoxy) is 1. The third-order valence-corrected chi connectivity index (χ3v) is 16.3. The molecule has 0 aromatic rings. The minimum Gasteiger partial charge on any atom is -0.466 e. The van der Waals surface area contributed by atoms with Crippen molar-refractivity contribution in [1.82, 2.24) is 5.32 Å². The van der Waals surface area contributed by atoms with Crippen LogP contribution in [-0.4, -0.2) is 47.4 Å². The summed E-state index contributed by atoms with van der Waals surface area (Å²) < 4.78 is 5.50. The van der Waals surface area contributed by atoms with E-state index < -0.39 is 12.1 Å². The van der Waals surface area contributed by atoms with Gasteiger partial charge in [-0.15, -0.1) is 0 Å². The molecular weight excluding hydrogens is 935 g/mol. The van der Waals surface area contributed by atoms with Gasteiger partial charge >= 0.3 is 5.97 Å². The Morgan fingerprint density at radius 3 is 1.01 bits per heavy atom. The van der Waals surface area contributed by atoms with E-state index in [1.54, 1.807) is 0 Å². The molecule has 0 aromatic carbocycles. The summed E-state index contributed by atoms with van der Waals surface area (Å²) in [5.41, 5.74) is 0. The molecule has 2 atom stereocenters. The van der Waals surface area contributed by atoms with Gasteiger partial charge in [-0.2, -0.15) is 0 Å². The topological polar surface area (TPSA) is 95.9 Å². The van der Waals surface area contributed by atoms with Crippen LogP contribution in [0.4, 0.5) is 0 Å². The van der Waals surface area contributed by atoms with Crippen molar-refractivity contribution in [3.63, 3.8) is 0 Å². The van der Waals surface area contributed by atoms with Crippen LogP contribution < -0.4 is 5.32 Å². The normalized spacial score (nSPS) is 12.6. The summed E-state index contributed by atoms with van der Waals surface area (Å²) >= 11 is 0. The second-order valence-corrected chi connectivity index (χ2v) is 23.9. The van der Waals surface area contributed by atoms with Gasteiger partial charge in [0.25, 0.3) is 0 Å². The molecular formula is C70H135NO5. The SMILES string of the molecule is CCCCCC/C=C\C/C=C\CCCCCCCCCC(=O)OCCCCCCCCCCCCCCCCCCCCCCCCCCCCCCC(=O)NC(CO)C(O)CCCCCCCCCCCCCCC. The molecule has 0 aliphatic rings. The molecule has 0 heterocycles. The molecule has 0 radical (unpaired) electrons. The second kappa shape index (κ2) is 65.9. The van der Waals surface area contributed by atoms with E-state index >= 15 is 0 Å². The summed E-state index contributed by atoms with van der Waals surface area (Å²) in [6.45, 7) is 4.96. The lowest BCUT2D eigenvalue weighted by Crippen LogP contribution is -2.45. The van der Waals surface area contributed by atoms with E-state index in [1.165, 1.54) is 302 Å². The second-order valence-electron chi connectivity index (χ2n) is 23.9. The maximum atomic E-state index is 12.5. The molecule has 6 nitrogen and oxygen atoms in total. The third-order valence-electron chi connectivity index (χ3n) is 16.3. The summed E-state index contributed by atoms with van der Waals surface area (Å²) in [6.07, 6.45) is 82.2. The van der Waals surface area contributed by atoms with Gasteiger partial charge in [-0.05, 0) is 57.8 Å². The van der Waals surface area contributed by atoms with Crippen LogP contribution in [-0.2, 0) is 14.3 Å². The Morgan fingerprint density at radius 2 is 0.658 bits per heavy atom. The molecule has 2 unspecified atom stereocenters. The van der Waals surface area contributed by atoms with Gasteiger partial charge in [0.05, 0.1) is 25.4 Å². The summed E-state index contributed by atoms with van der Waals surface area (Å²) in [4.78, 5) is 24.6. The molecule has 0 saturated heterocycles. The Hall–Kier alpha value is -1.66. The van der Waals surface area contributed by atoms with E-state index in [9.17, 15) is 19.8 Å². The Morgan fingerprint density at radius 1 is 0.368 bits per heavy atom. The van der Waals surface area contributed by atoms with Gasteiger partial charge in [0.15, 0.2) is 0 Å². The fourth-order valence-electron chi connectivity index (χ4n) is 11.0. The Kier molecular flexibility index (Phi) is 64.4. The van der Waals surface area contributed by atoms with Crippen molar-refractivity contribution in [2.75, 3.05) is 13.2 Å². The van der Waals surface area contributed by atoms with Crippen molar-refractivity contribution in [2.45, 2.75) is 398 Å². The number of aliphatic hydroxyl groups excluding tert-OH is 2. The fourth-order valence-corrected chi connectivity index (χ4v) is 11.0. The highest BCUT2D eigenvalue weighted by molar-refractivity contribution is 5.76. The lowest BCUT2D eigenvalue weighted by molar-refractivity contribution is -0.143. The van der Waals surface area contributed by atoms with Crippen LogP contribution in [0.5, 0.6) is 0 Å². The molecule has 3 N–H and O–H groups in total. The number of hydrogen-bond acceptors (Lipinski definition) is 5. The number of amides is 1. The van der Waals surface area contributed by atoms with E-state index in [0.717, 1.165) is 51.4 Å². The predicted octanol–water partition coefficient (Wildman–Crippen LogP) is 22.1. The third kappa shape index (κ3) is 61.6. The predicted molar refractivity (Wildman–Crippen MR) is 333 cm³/mol. The fraction of sp³-hybridized carbons (Fsp3) is 0.914. The molecule has 0 bridgehead atoms. The minimum absolute atomic E-state index is 0.0121. The molecule has 1 amide bonds. The largest absolute Gasteiger partial charge is 0.466 e. The van der Waals surface area contributed by atoms with Gasteiger partial charge < -0.3 is 20.3 Å². The van der Waals surface area contributed by atoms with Crippen molar-refractivity contribution < 1.29 is 24.5 Å². The Balaban J connectivity index is 3.32. The lowest BCUT2D eigenvalue weighted by atomic mass is 10.0. The molecule has 0 saturated carbocycles. The van der Waals surface area contributed by atoms with E-state index in [-0.39, 0.29) is 18.5 Å². The van der Waals surface area contributed by atoms with Crippen molar-refractivity contribution in [3.05, 3.63) is 24.3 Å². The lowest BCUT2D eigenvalue weighted by Gasteiger charge is -2.22. The smallest absolute Gasteiger partial charge is 0.305 e. The zero-order valence-electron chi connectivity index (χ0n) is 51.5. The molecule has 76 heavy (non-hydrogen) atoms. The van der Waals surface area contributed by atoms with Gasteiger partial charge in [-0.1, -0.05) is 340 Å². The van der Waals surface area contributed by atoms with Crippen LogP contribution in [0.1, 0.15) is 386 Å². The molecule has 450 valence electrons. The maximum Gasteiger partial charge on any atom is 0.305 e. The van der Waals surface area contributed by atoms with E-state index in [1.807, 2.05) is 0 Å². The van der Waals surface area contributed by atoms with Crippen LogP contribution in [0.25, 0.3) is 0 Å². The molecule has 0 aliphatic carbocycles. The molecule has 0 aromatic heterocycles. The number of allylic oxidation sites excluding steroid dienone is 4. The van der Waals surface area contributed by atoms with E-state index in [4.69, 9.17) is 4.74 Å². The number of unbranched alkanes of at least 4 members (excludes halogenated alkanes) is 50.